The summed E-state index contributed by atoms with van der Waals surface area (Å²) >= 11 is 6.40. The minimum absolute atomic E-state index is 0.526. The third-order valence-corrected chi connectivity index (χ3v) is 7.32. The molecule has 0 heterocycles. The van der Waals surface area contributed by atoms with Gasteiger partial charge in [-0.05, 0) is 24.3 Å². The lowest BCUT2D eigenvalue weighted by molar-refractivity contribution is 0.209. The molecule has 0 N–H and O–H groups in total. The fourth-order valence-corrected chi connectivity index (χ4v) is 4.75. The van der Waals surface area contributed by atoms with E-state index in [0.29, 0.717) is 11.5 Å². The molecule has 0 saturated heterocycles. The van der Waals surface area contributed by atoms with Crippen molar-refractivity contribution in [2.24, 2.45) is 0 Å². The van der Waals surface area contributed by atoms with Gasteiger partial charge in [-0.1, -0.05) is 36.4 Å². The van der Waals surface area contributed by atoms with E-state index >= 15 is 0 Å². The van der Waals surface area contributed by atoms with Crippen molar-refractivity contribution in [3.63, 3.8) is 0 Å². The highest BCUT2D eigenvalue weighted by Crippen LogP contribution is 2.54. The molecule has 0 radical (unpaired) electrons. The van der Waals surface area contributed by atoms with E-state index < -0.39 is 12.8 Å². The summed E-state index contributed by atoms with van der Waals surface area (Å²) in [4.78, 5) is 10.8. The van der Waals surface area contributed by atoms with Crippen LogP contribution in [0.25, 0.3) is 0 Å². The lowest BCUT2D eigenvalue weighted by Gasteiger charge is -2.31. The molecule has 0 fully saturated rings. The Morgan fingerprint density at radius 2 is 1.42 bits per heavy atom. The highest BCUT2D eigenvalue weighted by molar-refractivity contribution is 8.15. The van der Waals surface area contributed by atoms with Crippen LogP contribution in [0.5, 0.6) is 11.5 Å². The van der Waals surface area contributed by atoms with Gasteiger partial charge in [0.15, 0.2) is 0 Å². The van der Waals surface area contributed by atoms with E-state index in [1.54, 1.807) is 31.3 Å². The van der Waals surface area contributed by atoms with Gasteiger partial charge in [0.25, 0.3) is 0 Å². The van der Waals surface area contributed by atoms with E-state index in [9.17, 15) is 9.18 Å². The van der Waals surface area contributed by atoms with Crippen molar-refractivity contribution in [3.05, 3.63) is 60.7 Å². The molecule has 24 heavy (non-hydrogen) atoms. The molecule has 0 atom stereocenters. The molecular weight excluding hydrogens is 370 g/mol. The third-order valence-electron chi connectivity index (χ3n) is 2.76. The van der Waals surface area contributed by atoms with Crippen molar-refractivity contribution < 1.29 is 18.2 Å². The van der Waals surface area contributed by atoms with Crippen LogP contribution < -0.4 is 9.05 Å². The summed E-state index contributed by atoms with van der Waals surface area (Å²) in [7, 11) is 2.89. The summed E-state index contributed by atoms with van der Waals surface area (Å²) in [5.41, 5.74) is 0. The Balaban J connectivity index is 2.26. The maximum absolute atomic E-state index is 12.8. The van der Waals surface area contributed by atoms with E-state index in [-0.39, 0.29) is 0 Å². The number of carbonyl (C=O) groups is 1. The van der Waals surface area contributed by atoms with E-state index in [2.05, 4.69) is 0 Å². The minimum atomic E-state index is -3.08. The van der Waals surface area contributed by atoms with E-state index in [1.807, 2.05) is 36.4 Å². The maximum atomic E-state index is 12.8. The van der Waals surface area contributed by atoms with Crippen molar-refractivity contribution in [2.45, 2.75) is 0 Å². The number of benzene rings is 2. The molecule has 2 aromatic rings. The van der Waals surface area contributed by atoms with Crippen LogP contribution in [0.1, 0.15) is 0 Å². The molecule has 128 valence electrons. The van der Waals surface area contributed by atoms with Crippen LogP contribution in [0.4, 0.5) is 9.18 Å². The molecule has 2 rings (SSSR count). The van der Waals surface area contributed by atoms with Crippen molar-refractivity contribution in [2.75, 3.05) is 14.1 Å². The molecule has 0 spiro atoms. The number of nitrogens with zero attached hydrogens (tertiary/aromatic N) is 2. The summed E-state index contributed by atoms with van der Waals surface area (Å²) < 4.78 is 26.9. The van der Waals surface area contributed by atoms with Crippen LogP contribution >= 0.6 is 18.8 Å². The highest BCUT2D eigenvalue weighted by atomic mass is 32.5. The Bertz CT molecular complexity index is 676. The average Bonchev–Trinajstić information content (AvgIpc) is 2.56. The van der Waals surface area contributed by atoms with Crippen molar-refractivity contribution in [1.29, 1.82) is 0 Å². The normalized spacial score (nSPS) is 11.2. The van der Waals surface area contributed by atoms with Crippen LogP contribution in [0, 0.1) is 0 Å². The number of halogens is 1. The monoisotopic (exact) mass is 386 g/mol. The molecular formula is C15H16FN2O3PS2. The quantitative estimate of drug-likeness (QED) is 0.292. The second-order valence-electron chi connectivity index (χ2n) is 4.57. The van der Waals surface area contributed by atoms with Crippen molar-refractivity contribution in [1.82, 2.24) is 8.38 Å². The predicted octanol–water partition coefficient (Wildman–Crippen LogP) is 4.89. The lowest BCUT2D eigenvalue weighted by atomic mass is 10.3. The predicted molar refractivity (Wildman–Crippen MR) is 98.0 cm³/mol. The van der Waals surface area contributed by atoms with Gasteiger partial charge in [0.1, 0.15) is 11.5 Å². The summed E-state index contributed by atoms with van der Waals surface area (Å²) in [6.07, 6.45) is -1.59. The molecule has 5 nitrogen and oxygen atoms in total. The summed E-state index contributed by atoms with van der Waals surface area (Å²) in [6.45, 7) is -3.08. The number of para-hydroxylation sites is 2. The number of hydrogen-bond donors (Lipinski definition) is 0. The maximum Gasteiger partial charge on any atom is 0.410 e. The molecule has 9 heteroatoms. The van der Waals surface area contributed by atoms with Crippen LogP contribution in [-0.4, -0.2) is 28.6 Å². The smallest absolute Gasteiger partial charge is 0.410 e. The van der Waals surface area contributed by atoms with E-state index in [1.165, 1.54) is 11.1 Å². The third kappa shape index (κ3) is 5.21. The Hall–Kier alpha value is -1.60. The SMILES string of the molecule is CN(SN(C)P(=S)(Oc1ccccc1)Oc1ccccc1)C(=O)F. The van der Waals surface area contributed by atoms with Crippen molar-refractivity contribution >= 4 is 36.7 Å². The van der Waals surface area contributed by atoms with Gasteiger partial charge in [-0.25, -0.2) is 9.10 Å². The molecule has 1 amide bonds. The number of carbonyl (C=O) groups excluding carboxylic acids is 1. The van der Waals surface area contributed by atoms with Gasteiger partial charge in [0.2, 0.25) is 0 Å². The van der Waals surface area contributed by atoms with Gasteiger partial charge < -0.3 is 9.05 Å². The van der Waals surface area contributed by atoms with Crippen LogP contribution in [-0.2, 0) is 11.8 Å². The minimum Gasteiger partial charge on any atom is -0.424 e. The van der Waals surface area contributed by atoms with Gasteiger partial charge in [0.05, 0.1) is 12.1 Å². The van der Waals surface area contributed by atoms with Crippen LogP contribution in [0.2, 0.25) is 0 Å². The van der Waals surface area contributed by atoms with Gasteiger partial charge in [-0.3, -0.25) is 0 Å². The number of rotatable bonds is 7. The van der Waals surface area contributed by atoms with Gasteiger partial charge in [0, 0.05) is 25.9 Å². The first-order chi connectivity index (χ1) is 11.4. The first-order valence-corrected chi connectivity index (χ1v) is 10.2. The van der Waals surface area contributed by atoms with E-state index in [0.717, 1.165) is 16.4 Å². The second-order valence-corrected chi connectivity index (χ2v) is 9.39. The Morgan fingerprint density at radius 3 is 1.79 bits per heavy atom. The second kappa shape index (κ2) is 8.48. The zero-order valence-corrected chi connectivity index (χ0v) is 15.6. The molecule has 0 aliphatic heterocycles. The Morgan fingerprint density at radius 1 is 1.00 bits per heavy atom. The first kappa shape index (κ1) is 18.7. The van der Waals surface area contributed by atoms with Gasteiger partial charge in [-0.15, -0.1) is 8.47 Å². The molecule has 0 aliphatic carbocycles. The molecule has 0 saturated carbocycles. The Labute approximate surface area is 149 Å². The van der Waals surface area contributed by atoms with Gasteiger partial charge >= 0.3 is 12.8 Å². The molecule has 0 aliphatic rings. The molecule has 2 aromatic carbocycles. The topological polar surface area (TPSA) is 42.0 Å². The fraction of sp³-hybridized carbons (Fsp3) is 0.133. The van der Waals surface area contributed by atoms with E-state index in [4.69, 9.17) is 20.9 Å². The summed E-state index contributed by atoms with van der Waals surface area (Å²) in [5.74, 6) is 1.05. The molecule has 0 bridgehead atoms. The van der Waals surface area contributed by atoms with Gasteiger partial charge in [-0.2, -0.15) is 0 Å². The van der Waals surface area contributed by atoms with Crippen LogP contribution in [0.15, 0.2) is 60.7 Å². The van der Waals surface area contributed by atoms with Crippen LogP contribution in [0.3, 0.4) is 0 Å². The molecule has 0 unspecified atom stereocenters. The highest BCUT2D eigenvalue weighted by Gasteiger charge is 2.32. The molecule has 0 aromatic heterocycles. The van der Waals surface area contributed by atoms with Crippen molar-refractivity contribution in [3.8, 4) is 11.5 Å². The largest absolute Gasteiger partial charge is 0.424 e. The summed E-state index contributed by atoms with van der Waals surface area (Å²) in [6, 6.07) is 17.9. The number of hydrogen-bond acceptors (Lipinski definition) is 5. The zero-order valence-electron chi connectivity index (χ0n) is 13.0. The number of amides is 1. The standard InChI is InChI=1S/C15H16FN2O3PS2/c1-17(15(16)19)24-18(2)22(23,20-13-9-5-3-6-10-13)21-14-11-7-4-8-12-14/h3-12H,1-2H3. The zero-order chi connectivity index (χ0) is 17.6. The fourth-order valence-electron chi connectivity index (χ4n) is 1.62. The first-order valence-electron chi connectivity index (χ1n) is 6.85. The Kier molecular flexibility index (Phi) is 6.62. The average molecular weight is 386 g/mol. The lowest BCUT2D eigenvalue weighted by Crippen LogP contribution is -2.23. The summed E-state index contributed by atoms with van der Waals surface area (Å²) in [5, 5.41) is 0.